The fraction of sp³-hybridized carbons (Fsp3) is 1.00. The third-order valence-electron chi connectivity index (χ3n) is 2.44. The second kappa shape index (κ2) is 7.10. The van der Waals surface area contributed by atoms with Crippen LogP contribution in [0.2, 0.25) is 0 Å². The second-order valence-electron chi connectivity index (χ2n) is 3.73. The molecule has 0 amide bonds. The molecule has 0 aromatic heterocycles. The highest BCUT2D eigenvalue weighted by atomic mass is 32.2. The Bertz CT molecular complexity index is 294. The molecular formula is C9H19NO3S3. The number of nitrogens with zero attached hydrogens (tertiary/aromatic N) is 1. The largest absolute Gasteiger partial charge is 0.379 e. The number of thioether (sulfide) groups is 1. The molecule has 0 aliphatic carbocycles. The molecule has 1 heterocycles. The Balaban J connectivity index is 2.42. The first-order valence-corrected chi connectivity index (χ1v) is 8.99. The average molecular weight is 285 g/mol. The van der Waals surface area contributed by atoms with Gasteiger partial charge in [0, 0.05) is 36.6 Å². The van der Waals surface area contributed by atoms with Gasteiger partial charge in [0.25, 0.3) is 0 Å². The minimum atomic E-state index is -2.98. The van der Waals surface area contributed by atoms with Crippen LogP contribution < -0.4 is 0 Å². The summed E-state index contributed by atoms with van der Waals surface area (Å²) < 4.78 is 28.5. The van der Waals surface area contributed by atoms with Gasteiger partial charge >= 0.3 is 0 Å². The van der Waals surface area contributed by atoms with Crippen LogP contribution >= 0.6 is 24.4 Å². The maximum absolute atomic E-state index is 11.6. The Morgan fingerprint density at radius 2 is 2.25 bits per heavy atom. The molecule has 96 valence electrons. The fourth-order valence-corrected chi connectivity index (χ4v) is 4.72. The van der Waals surface area contributed by atoms with Crippen LogP contribution in [0.3, 0.4) is 0 Å². The Morgan fingerprint density at radius 3 is 2.88 bits per heavy atom. The van der Waals surface area contributed by atoms with Gasteiger partial charge in [-0.1, -0.05) is 0 Å². The van der Waals surface area contributed by atoms with Crippen molar-refractivity contribution >= 4 is 34.2 Å². The van der Waals surface area contributed by atoms with E-state index in [9.17, 15) is 8.42 Å². The number of thiol groups is 1. The van der Waals surface area contributed by atoms with E-state index in [0.717, 1.165) is 12.3 Å². The van der Waals surface area contributed by atoms with Gasteiger partial charge in [-0.2, -0.15) is 24.4 Å². The van der Waals surface area contributed by atoms with E-state index in [0.29, 0.717) is 31.3 Å². The highest BCUT2D eigenvalue weighted by Crippen LogP contribution is 2.19. The molecule has 0 N–H and O–H groups in total. The van der Waals surface area contributed by atoms with Crippen LogP contribution in [0.1, 0.15) is 0 Å². The van der Waals surface area contributed by atoms with Gasteiger partial charge in [0.2, 0.25) is 0 Å². The van der Waals surface area contributed by atoms with Crippen LogP contribution in [0, 0.1) is 0 Å². The molecule has 1 aliphatic heterocycles. The van der Waals surface area contributed by atoms with Gasteiger partial charge in [-0.25, -0.2) is 8.42 Å². The molecule has 0 aromatic carbocycles. The van der Waals surface area contributed by atoms with Crippen molar-refractivity contribution in [1.82, 2.24) is 4.90 Å². The third kappa shape index (κ3) is 4.83. The maximum Gasteiger partial charge on any atom is 0.164 e. The van der Waals surface area contributed by atoms with Crippen LogP contribution in [0.25, 0.3) is 0 Å². The predicted octanol–water partition coefficient (Wildman–Crippen LogP) is 0.352. The summed E-state index contributed by atoms with van der Waals surface area (Å²) in [6.07, 6.45) is 1.31. The number of ether oxygens (including phenoxy) is 1. The lowest BCUT2D eigenvalue weighted by Gasteiger charge is -2.33. The zero-order chi connectivity index (χ0) is 12.0. The number of sulfone groups is 1. The molecule has 4 nitrogen and oxygen atoms in total. The highest BCUT2D eigenvalue weighted by Gasteiger charge is 2.30. The van der Waals surface area contributed by atoms with Crippen molar-refractivity contribution < 1.29 is 13.2 Å². The first kappa shape index (κ1) is 14.6. The lowest BCUT2D eigenvalue weighted by Crippen LogP contribution is -2.48. The third-order valence-corrected chi connectivity index (χ3v) is 5.31. The van der Waals surface area contributed by atoms with Gasteiger partial charge in [-0.15, -0.1) is 0 Å². The monoisotopic (exact) mass is 285 g/mol. The van der Waals surface area contributed by atoms with E-state index in [1.165, 1.54) is 6.26 Å². The molecule has 1 fully saturated rings. The molecule has 16 heavy (non-hydrogen) atoms. The summed E-state index contributed by atoms with van der Waals surface area (Å²) >= 11 is 5.75. The first-order chi connectivity index (χ1) is 7.55. The minimum Gasteiger partial charge on any atom is -0.379 e. The predicted molar refractivity (Wildman–Crippen MR) is 72.2 cm³/mol. The summed E-state index contributed by atoms with van der Waals surface area (Å²) in [4.78, 5) is 2.00. The van der Waals surface area contributed by atoms with Gasteiger partial charge in [-0.05, 0) is 0 Å². The van der Waals surface area contributed by atoms with E-state index in [4.69, 9.17) is 4.74 Å². The molecule has 7 heteroatoms. The van der Waals surface area contributed by atoms with Crippen molar-refractivity contribution in [2.24, 2.45) is 0 Å². The highest BCUT2D eigenvalue weighted by molar-refractivity contribution is 8.00. The quantitative estimate of drug-likeness (QED) is 0.564. The summed E-state index contributed by atoms with van der Waals surface area (Å²) in [7, 11) is -2.98. The summed E-state index contributed by atoms with van der Waals surface area (Å²) in [5.74, 6) is 2.37. The lowest BCUT2D eigenvalue weighted by molar-refractivity contribution is 0.114. The van der Waals surface area contributed by atoms with Crippen LogP contribution in [0.4, 0.5) is 0 Å². The molecule has 1 aliphatic rings. The van der Waals surface area contributed by atoms with Crippen molar-refractivity contribution in [3.63, 3.8) is 0 Å². The van der Waals surface area contributed by atoms with Crippen molar-refractivity contribution in [1.29, 1.82) is 0 Å². The molecule has 0 bridgehead atoms. The van der Waals surface area contributed by atoms with Gasteiger partial charge in [0.05, 0.1) is 13.2 Å². The Labute approximate surface area is 107 Å². The molecule has 1 rings (SSSR count). The lowest BCUT2D eigenvalue weighted by atomic mass is 10.4. The van der Waals surface area contributed by atoms with E-state index >= 15 is 0 Å². The Morgan fingerprint density at radius 1 is 1.50 bits per heavy atom. The second-order valence-corrected chi connectivity index (χ2v) is 7.53. The molecule has 1 unspecified atom stereocenters. The zero-order valence-electron chi connectivity index (χ0n) is 9.46. The maximum atomic E-state index is 11.6. The summed E-state index contributed by atoms with van der Waals surface area (Å²) in [6, 6.07) is 0. The van der Waals surface area contributed by atoms with E-state index in [-0.39, 0.29) is 5.37 Å². The van der Waals surface area contributed by atoms with Crippen LogP contribution in [0.5, 0.6) is 0 Å². The topological polar surface area (TPSA) is 46.6 Å². The SMILES string of the molecule is CS(=O)(=O)C1CSCCN1CCOCCS. The van der Waals surface area contributed by atoms with Gasteiger partial charge < -0.3 is 4.74 Å². The van der Waals surface area contributed by atoms with E-state index in [1.54, 1.807) is 11.8 Å². The van der Waals surface area contributed by atoms with Crippen molar-refractivity contribution in [3.8, 4) is 0 Å². The zero-order valence-corrected chi connectivity index (χ0v) is 12.0. The normalized spacial score (nSPS) is 23.5. The fourth-order valence-electron chi connectivity index (χ4n) is 1.61. The molecule has 0 aromatic rings. The molecule has 0 radical (unpaired) electrons. The van der Waals surface area contributed by atoms with Gasteiger partial charge in [0.15, 0.2) is 9.84 Å². The number of rotatable bonds is 6. The Kier molecular flexibility index (Phi) is 6.50. The van der Waals surface area contributed by atoms with E-state index in [2.05, 4.69) is 12.6 Å². The van der Waals surface area contributed by atoms with Crippen LogP contribution in [0.15, 0.2) is 0 Å². The Hall–Kier alpha value is 0.570. The summed E-state index contributed by atoms with van der Waals surface area (Å²) in [5, 5.41) is -0.342. The van der Waals surface area contributed by atoms with E-state index < -0.39 is 9.84 Å². The molecular weight excluding hydrogens is 266 g/mol. The van der Waals surface area contributed by atoms with Crippen LogP contribution in [-0.2, 0) is 14.6 Å². The molecule has 1 saturated heterocycles. The average Bonchev–Trinajstić information content (AvgIpc) is 2.24. The number of hydrogen-bond acceptors (Lipinski definition) is 6. The van der Waals surface area contributed by atoms with E-state index in [1.807, 2.05) is 4.90 Å². The molecule has 1 atom stereocenters. The van der Waals surface area contributed by atoms with Crippen molar-refractivity contribution in [2.75, 3.05) is 49.8 Å². The van der Waals surface area contributed by atoms with Gasteiger partial charge in [-0.3, -0.25) is 4.90 Å². The summed E-state index contributed by atoms with van der Waals surface area (Å²) in [6.45, 7) is 2.71. The molecule has 0 spiro atoms. The van der Waals surface area contributed by atoms with Gasteiger partial charge in [0.1, 0.15) is 5.37 Å². The first-order valence-electron chi connectivity index (χ1n) is 5.25. The minimum absolute atomic E-state index is 0.342. The van der Waals surface area contributed by atoms with Crippen molar-refractivity contribution in [3.05, 3.63) is 0 Å². The molecule has 0 saturated carbocycles. The standard InChI is InChI=1S/C9H19NO3S3/c1-16(11,12)9-8-15-7-3-10(9)2-4-13-5-6-14/h9,14H,2-8H2,1H3. The smallest absolute Gasteiger partial charge is 0.164 e. The summed E-state index contributed by atoms with van der Waals surface area (Å²) in [5.41, 5.74) is 0. The number of hydrogen-bond donors (Lipinski definition) is 1. The van der Waals surface area contributed by atoms with Crippen molar-refractivity contribution in [2.45, 2.75) is 5.37 Å². The van der Waals surface area contributed by atoms with Crippen LogP contribution in [-0.4, -0.2) is 68.5 Å².